The number of esters is 1. The zero-order chi connectivity index (χ0) is 30.1. The van der Waals surface area contributed by atoms with Crippen LogP contribution in [0, 0.1) is 0 Å². The van der Waals surface area contributed by atoms with Crippen LogP contribution >= 0.6 is 0 Å². The Morgan fingerprint density at radius 2 is 0.951 bits per heavy atom. The van der Waals surface area contributed by atoms with Gasteiger partial charge in [0.15, 0.2) is 0 Å². The molecule has 0 bridgehead atoms. The van der Waals surface area contributed by atoms with Gasteiger partial charge in [0, 0.05) is 12.8 Å². The summed E-state index contributed by atoms with van der Waals surface area (Å²) < 4.78 is 5.89. The summed E-state index contributed by atoms with van der Waals surface area (Å²) in [6.45, 7) is 4.47. The van der Waals surface area contributed by atoms with Gasteiger partial charge >= 0.3 is 11.9 Å². The molecule has 0 fully saturated rings. The highest BCUT2D eigenvalue weighted by atomic mass is 16.5. The molecule has 41 heavy (non-hydrogen) atoms. The average Bonchev–Trinajstić information content (AvgIpc) is 2.95. The number of carboxylic acids is 1. The van der Waals surface area contributed by atoms with Gasteiger partial charge in [-0.3, -0.25) is 9.59 Å². The van der Waals surface area contributed by atoms with Crippen molar-refractivity contribution < 1.29 is 19.4 Å². The number of carbonyl (C=O) groups excluding carboxylic acids is 1. The summed E-state index contributed by atoms with van der Waals surface area (Å²) >= 11 is 0. The van der Waals surface area contributed by atoms with Crippen molar-refractivity contribution in [3.63, 3.8) is 0 Å². The molecular formula is C37H66O4. The van der Waals surface area contributed by atoms with Crippen molar-refractivity contribution >= 4 is 11.9 Å². The van der Waals surface area contributed by atoms with Crippen LogP contribution in [-0.2, 0) is 14.3 Å². The van der Waals surface area contributed by atoms with Gasteiger partial charge in [0.05, 0.1) is 0 Å². The third kappa shape index (κ3) is 32.5. The predicted octanol–water partition coefficient (Wildman–Crippen LogP) is 11.8. The Hall–Kier alpha value is -1.84. The van der Waals surface area contributed by atoms with Crippen LogP contribution < -0.4 is 0 Å². The number of aliphatic carboxylic acids is 1. The molecule has 0 rings (SSSR count). The minimum absolute atomic E-state index is 0.0309. The van der Waals surface area contributed by atoms with Gasteiger partial charge in [0.25, 0.3) is 0 Å². The summed E-state index contributed by atoms with van der Waals surface area (Å²) in [5.74, 6) is -0.747. The van der Waals surface area contributed by atoms with E-state index in [0.717, 1.165) is 77.0 Å². The van der Waals surface area contributed by atoms with Crippen molar-refractivity contribution in [3.05, 3.63) is 36.5 Å². The van der Waals surface area contributed by atoms with Crippen molar-refractivity contribution in [3.8, 4) is 0 Å². The average molecular weight is 575 g/mol. The molecule has 4 heteroatoms. The fourth-order valence-electron chi connectivity index (χ4n) is 5.01. The third-order valence-corrected chi connectivity index (χ3v) is 7.61. The van der Waals surface area contributed by atoms with Gasteiger partial charge in [-0.1, -0.05) is 127 Å². The van der Waals surface area contributed by atoms with E-state index in [2.05, 4.69) is 50.3 Å². The molecular weight excluding hydrogens is 508 g/mol. The smallest absolute Gasteiger partial charge is 0.306 e. The van der Waals surface area contributed by atoms with Crippen LogP contribution in [0.15, 0.2) is 36.5 Å². The van der Waals surface area contributed by atoms with Crippen molar-refractivity contribution in [2.45, 2.75) is 187 Å². The largest absolute Gasteiger partial charge is 0.481 e. The molecule has 0 aromatic heterocycles. The lowest BCUT2D eigenvalue weighted by molar-refractivity contribution is -0.150. The quantitative estimate of drug-likeness (QED) is 0.0508. The number of unbranched alkanes of at least 4 members (excludes halogenated alkanes) is 16. The fraction of sp³-hybridized carbons (Fsp3) is 0.784. The first kappa shape index (κ1) is 39.2. The number of hydrogen-bond donors (Lipinski definition) is 1. The molecule has 1 atom stereocenters. The highest BCUT2D eigenvalue weighted by Gasteiger charge is 2.14. The highest BCUT2D eigenvalue weighted by molar-refractivity contribution is 5.69. The van der Waals surface area contributed by atoms with E-state index in [4.69, 9.17) is 9.84 Å². The summed E-state index contributed by atoms with van der Waals surface area (Å²) in [7, 11) is 0. The van der Waals surface area contributed by atoms with Crippen molar-refractivity contribution in [1.82, 2.24) is 0 Å². The molecule has 0 spiro atoms. The maximum atomic E-state index is 12.5. The Kier molecular flexibility index (Phi) is 31.2. The summed E-state index contributed by atoms with van der Waals surface area (Å²) in [5.41, 5.74) is 0. The fourth-order valence-corrected chi connectivity index (χ4v) is 5.01. The van der Waals surface area contributed by atoms with Crippen LogP contribution in [0.2, 0.25) is 0 Å². The first-order valence-electron chi connectivity index (χ1n) is 17.5. The Labute approximate surface area is 254 Å². The molecule has 0 radical (unpaired) electrons. The van der Waals surface area contributed by atoms with E-state index < -0.39 is 5.97 Å². The van der Waals surface area contributed by atoms with Crippen LogP contribution in [0.3, 0.4) is 0 Å². The number of ether oxygens (including phenoxy) is 1. The van der Waals surface area contributed by atoms with E-state index in [-0.39, 0.29) is 18.5 Å². The normalized spacial score (nSPS) is 12.6. The van der Waals surface area contributed by atoms with E-state index in [9.17, 15) is 9.59 Å². The van der Waals surface area contributed by atoms with E-state index in [1.807, 2.05) is 0 Å². The zero-order valence-corrected chi connectivity index (χ0v) is 27.1. The molecule has 0 saturated carbocycles. The van der Waals surface area contributed by atoms with Gasteiger partial charge < -0.3 is 9.84 Å². The minimum atomic E-state index is -0.716. The van der Waals surface area contributed by atoms with Crippen LogP contribution in [0.1, 0.15) is 181 Å². The number of hydrogen-bond acceptors (Lipinski definition) is 3. The molecule has 238 valence electrons. The molecule has 0 aliphatic rings. The van der Waals surface area contributed by atoms with Gasteiger partial charge in [-0.25, -0.2) is 0 Å². The van der Waals surface area contributed by atoms with E-state index in [1.54, 1.807) is 0 Å². The molecule has 0 heterocycles. The maximum Gasteiger partial charge on any atom is 0.306 e. The number of allylic oxidation sites excluding steroid dienone is 6. The number of carboxylic acid groups (broad SMARTS) is 1. The second-order valence-corrected chi connectivity index (χ2v) is 11.7. The summed E-state index contributed by atoms with van der Waals surface area (Å²) in [5, 5.41) is 8.78. The second-order valence-electron chi connectivity index (χ2n) is 11.7. The van der Waals surface area contributed by atoms with Crippen molar-refractivity contribution in [2.24, 2.45) is 0 Å². The molecule has 0 amide bonds. The zero-order valence-electron chi connectivity index (χ0n) is 27.1. The lowest BCUT2D eigenvalue weighted by Gasteiger charge is -2.18. The van der Waals surface area contributed by atoms with Crippen molar-refractivity contribution in [1.29, 1.82) is 0 Å². The number of carbonyl (C=O) groups is 2. The standard InChI is InChI=1S/C37H66O4/c1-3-5-7-9-10-11-12-13-14-15-16-17-18-19-20-21-22-24-30-34-37(40)41-35(31-27-23-8-6-4-2)32-28-25-26-29-33-36(38)39/h10-11,13-14,16-17,35H,3-9,12,15,18-34H2,1-2H3,(H,38,39)/b11-10-,14-13-,17-16-. The number of rotatable bonds is 31. The Balaban J connectivity index is 3.84. The summed E-state index contributed by atoms with van der Waals surface area (Å²) in [6, 6.07) is 0. The summed E-state index contributed by atoms with van der Waals surface area (Å²) in [4.78, 5) is 23.1. The molecule has 0 aliphatic heterocycles. The highest BCUT2D eigenvalue weighted by Crippen LogP contribution is 2.18. The first-order valence-corrected chi connectivity index (χ1v) is 17.5. The van der Waals surface area contributed by atoms with Crippen LogP contribution in [-0.4, -0.2) is 23.1 Å². The Bertz CT molecular complexity index is 664. The topological polar surface area (TPSA) is 63.6 Å². The Morgan fingerprint density at radius 3 is 1.51 bits per heavy atom. The van der Waals surface area contributed by atoms with Gasteiger partial charge in [0.1, 0.15) is 6.10 Å². The molecule has 1 N–H and O–H groups in total. The molecule has 0 saturated heterocycles. The molecule has 0 aromatic rings. The molecule has 1 unspecified atom stereocenters. The van der Waals surface area contributed by atoms with E-state index >= 15 is 0 Å². The van der Waals surface area contributed by atoms with Gasteiger partial charge in [0.2, 0.25) is 0 Å². The van der Waals surface area contributed by atoms with Crippen LogP contribution in [0.25, 0.3) is 0 Å². The summed E-state index contributed by atoms with van der Waals surface area (Å²) in [6.07, 6.45) is 41.6. The van der Waals surface area contributed by atoms with Gasteiger partial charge in [-0.2, -0.15) is 0 Å². The first-order chi connectivity index (χ1) is 20.1. The molecule has 0 aliphatic carbocycles. The van der Waals surface area contributed by atoms with E-state index in [1.165, 1.54) is 77.0 Å². The lowest BCUT2D eigenvalue weighted by atomic mass is 10.0. The lowest BCUT2D eigenvalue weighted by Crippen LogP contribution is -2.18. The minimum Gasteiger partial charge on any atom is -0.481 e. The van der Waals surface area contributed by atoms with E-state index in [0.29, 0.717) is 6.42 Å². The third-order valence-electron chi connectivity index (χ3n) is 7.61. The Morgan fingerprint density at radius 1 is 0.537 bits per heavy atom. The molecule has 4 nitrogen and oxygen atoms in total. The van der Waals surface area contributed by atoms with Gasteiger partial charge in [-0.15, -0.1) is 0 Å². The maximum absolute atomic E-state index is 12.5. The monoisotopic (exact) mass is 574 g/mol. The van der Waals surface area contributed by atoms with Crippen LogP contribution in [0.4, 0.5) is 0 Å². The van der Waals surface area contributed by atoms with Crippen molar-refractivity contribution in [2.75, 3.05) is 0 Å². The van der Waals surface area contributed by atoms with Gasteiger partial charge in [-0.05, 0) is 77.0 Å². The molecule has 0 aromatic carbocycles. The van der Waals surface area contributed by atoms with Crippen LogP contribution in [0.5, 0.6) is 0 Å². The second kappa shape index (κ2) is 32.7. The SMILES string of the molecule is CCCCC/C=C\C/C=C\C/C=C\CCCCCCCCC(=O)OC(CCCCCCC)CCCCCCC(=O)O. The predicted molar refractivity (Wildman–Crippen MR) is 176 cm³/mol.